The van der Waals surface area contributed by atoms with Gasteiger partial charge in [-0.1, -0.05) is 0 Å². The van der Waals surface area contributed by atoms with E-state index in [9.17, 15) is 15.0 Å². The van der Waals surface area contributed by atoms with Crippen LogP contribution in [0.25, 0.3) is 11.2 Å². The minimum Gasteiger partial charge on any atom is -0.388 e. The summed E-state index contributed by atoms with van der Waals surface area (Å²) in [5.74, 6) is -0.0709. The number of aromatic nitrogens is 4. The molecule has 0 spiro atoms. The van der Waals surface area contributed by atoms with Crippen LogP contribution in [0.3, 0.4) is 0 Å². The molecule has 1 aliphatic heterocycles. The number of aliphatic hydroxyl groups excluding tert-OH is 2. The number of hydrogen-bond acceptors (Lipinski definition) is 7. The van der Waals surface area contributed by atoms with Gasteiger partial charge in [-0.2, -0.15) is 4.98 Å². The van der Waals surface area contributed by atoms with Crippen molar-refractivity contribution >= 4 is 17.1 Å². The van der Waals surface area contributed by atoms with E-state index < -0.39 is 30.1 Å². The maximum atomic E-state index is 11.6. The fourth-order valence-electron chi connectivity index (χ4n) is 2.09. The molecule has 5 N–H and O–H groups in total. The van der Waals surface area contributed by atoms with Crippen molar-refractivity contribution in [1.29, 1.82) is 0 Å². The minimum atomic E-state index is -1.19. The van der Waals surface area contributed by atoms with Crippen LogP contribution in [0.5, 0.6) is 0 Å². The molecule has 3 rings (SSSR count). The van der Waals surface area contributed by atoms with Crippen LogP contribution in [0.1, 0.15) is 6.23 Å². The second-order valence-electron chi connectivity index (χ2n) is 4.32. The zero-order valence-electron chi connectivity index (χ0n) is 9.72. The van der Waals surface area contributed by atoms with E-state index in [1.54, 1.807) is 0 Å². The molecule has 0 aliphatic carbocycles. The van der Waals surface area contributed by atoms with Crippen molar-refractivity contribution in [3.8, 4) is 0 Å². The van der Waals surface area contributed by atoms with Crippen LogP contribution >= 0.6 is 0 Å². The molecular formula is C10H12N5O4. The van der Waals surface area contributed by atoms with Crippen molar-refractivity contribution in [3.05, 3.63) is 23.6 Å². The standard InChI is InChI=1S/C10H12N5O4/c1-3-5(16)6(17)9(19-3)15-2-12-4-7(15)13-10(11)14-8(4)18/h2-3,5-6,9,16-17H,1H2,(H3,11,13,14,18)/t3-,5-,6-,9-/m1/s1. The Morgan fingerprint density at radius 1 is 1.47 bits per heavy atom. The number of rotatable bonds is 1. The number of fused-ring (bicyclic) bond motifs is 1. The van der Waals surface area contributed by atoms with Crippen LogP contribution in [-0.2, 0) is 4.74 Å². The molecule has 1 fully saturated rings. The summed E-state index contributed by atoms with van der Waals surface area (Å²) >= 11 is 0. The van der Waals surface area contributed by atoms with Gasteiger partial charge in [-0.05, 0) is 6.92 Å². The fourth-order valence-corrected chi connectivity index (χ4v) is 2.09. The molecule has 1 radical (unpaired) electrons. The van der Waals surface area contributed by atoms with E-state index in [1.165, 1.54) is 10.9 Å². The zero-order chi connectivity index (χ0) is 13.7. The number of aromatic amines is 1. The van der Waals surface area contributed by atoms with Crippen molar-refractivity contribution in [2.24, 2.45) is 0 Å². The average molecular weight is 266 g/mol. The lowest BCUT2D eigenvalue weighted by Crippen LogP contribution is -2.30. The summed E-state index contributed by atoms with van der Waals surface area (Å²) in [6.07, 6.45) is -2.72. The van der Waals surface area contributed by atoms with E-state index in [0.717, 1.165) is 0 Å². The highest BCUT2D eigenvalue weighted by Gasteiger charge is 2.42. The molecule has 1 aliphatic rings. The van der Waals surface area contributed by atoms with Crippen molar-refractivity contribution in [1.82, 2.24) is 19.5 Å². The summed E-state index contributed by atoms with van der Waals surface area (Å²) in [6.45, 7) is 3.57. The number of hydrogen-bond donors (Lipinski definition) is 4. The number of nitrogens with zero attached hydrogens (tertiary/aromatic N) is 3. The summed E-state index contributed by atoms with van der Waals surface area (Å²) in [7, 11) is 0. The number of aliphatic hydroxyl groups is 2. The largest absolute Gasteiger partial charge is 0.388 e. The van der Waals surface area contributed by atoms with Gasteiger partial charge in [0.15, 0.2) is 17.4 Å². The minimum absolute atomic E-state index is 0.0709. The van der Waals surface area contributed by atoms with E-state index in [0.29, 0.717) is 0 Å². The molecule has 101 valence electrons. The summed E-state index contributed by atoms with van der Waals surface area (Å²) in [5, 5.41) is 19.5. The highest BCUT2D eigenvalue weighted by Crippen LogP contribution is 2.30. The SMILES string of the molecule is [CH2][C@H]1O[C@@H](n2cnc3c(=O)[nH]c(N)nc32)[C@H](O)[C@@H]1O. The van der Waals surface area contributed by atoms with Gasteiger partial charge in [-0.3, -0.25) is 14.3 Å². The summed E-state index contributed by atoms with van der Waals surface area (Å²) in [6, 6.07) is 0. The maximum Gasteiger partial charge on any atom is 0.280 e. The topological polar surface area (TPSA) is 139 Å². The van der Waals surface area contributed by atoms with Gasteiger partial charge in [0.2, 0.25) is 5.95 Å². The van der Waals surface area contributed by atoms with E-state index in [-0.39, 0.29) is 17.1 Å². The first kappa shape index (κ1) is 12.1. The predicted octanol–water partition coefficient (Wildman–Crippen LogP) is -1.84. The van der Waals surface area contributed by atoms with Gasteiger partial charge < -0.3 is 20.7 Å². The molecule has 1 saturated heterocycles. The van der Waals surface area contributed by atoms with E-state index in [4.69, 9.17) is 10.5 Å². The first-order valence-corrected chi connectivity index (χ1v) is 5.56. The van der Waals surface area contributed by atoms with Gasteiger partial charge in [0.1, 0.15) is 12.2 Å². The fraction of sp³-hybridized carbons (Fsp3) is 0.400. The lowest BCUT2D eigenvalue weighted by molar-refractivity contribution is -0.0249. The number of H-pyrrole nitrogens is 1. The highest BCUT2D eigenvalue weighted by atomic mass is 16.6. The maximum absolute atomic E-state index is 11.6. The molecule has 0 aromatic carbocycles. The van der Waals surface area contributed by atoms with Gasteiger partial charge in [-0.15, -0.1) is 0 Å². The zero-order valence-corrected chi connectivity index (χ0v) is 9.72. The van der Waals surface area contributed by atoms with Gasteiger partial charge in [0.25, 0.3) is 5.56 Å². The Kier molecular flexibility index (Phi) is 2.55. The van der Waals surface area contributed by atoms with Crippen LogP contribution in [-0.4, -0.2) is 48.0 Å². The summed E-state index contributed by atoms with van der Waals surface area (Å²) in [5.41, 5.74) is 5.23. The number of ether oxygens (including phenoxy) is 1. The lowest BCUT2D eigenvalue weighted by atomic mass is 10.1. The number of anilines is 1. The normalized spacial score (nSPS) is 31.1. The second kappa shape index (κ2) is 4.02. The molecule has 0 bridgehead atoms. The molecule has 3 heterocycles. The first-order valence-electron chi connectivity index (χ1n) is 5.56. The highest BCUT2D eigenvalue weighted by molar-refractivity contribution is 5.70. The summed E-state index contributed by atoms with van der Waals surface area (Å²) in [4.78, 5) is 21.8. The van der Waals surface area contributed by atoms with Crippen LogP contribution < -0.4 is 11.3 Å². The van der Waals surface area contributed by atoms with Crippen molar-refractivity contribution in [2.45, 2.75) is 24.5 Å². The van der Waals surface area contributed by atoms with Crippen LogP contribution in [0.15, 0.2) is 11.1 Å². The Morgan fingerprint density at radius 3 is 2.84 bits per heavy atom. The van der Waals surface area contributed by atoms with Gasteiger partial charge in [0, 0.05) is 0 Å². The van der Waals surface area contributed by atoms with E-state index in [1.807, 2.05) is 0 Å². The number of nitrogens with two attached hydrogens (primary N) is 1. The van der Waals surface area contributed by atoms with Gasteiger partial charge in [-0.25, -0.2) is 4.98 Å². The smallest absolute Gasteiger partial charge is 0.280 e. The van der Waals surface area contributed by atoms with Crippen LogP contribution in [0, 0.1) is 6.92 Å². The quantitative estimate of drug-likeness (QED) is 0.475. The van der Waals surface area contributed by atoms with Crippen molar-refractivity contribution < 1.29 is 14.9 Å². The van der Waals surface area contributed by atoms with E-state index >= 15 is 0 Å². The third kappa shape index (κ3) is 1.70. The Labute approximate surface area is 106 Å². The summed E-state index contributed by atoms with van der Waals surface area (Å²) < 4.78 is 6.68. The molecule has 19 heavy (non-hydrogen) atoms. The third-order valence-electron chi connectivity index (χ3n) is 3.06. The van der Waals surface area contributed by atoms with Crippen molar-refractivity contribution in [2.75, 3.05) is 5.73 Å². The molecule has 2 aromatic heterocycles. The molecule has 9 nitrogen and oxygen atoms in total. The van der Waals surface area contributed by atoms with Crippen molar-refractivity contribution in [3.63, 3.8) is 0 Å². The Balaban J connectivity index is 2.14. The number of imidazole rings is 1. The number of nitrogens with one attached hydrogen (secondary N) is 1. The predicted molar refractivity (Wildman–Crippen MR) is 63.8 cm³/mol. The lowest BCUT2D eigenvalue weighted by Gasteiger charge is -2.16. The second-order valence-corrected chi connectivity index (χ2v) is 4.32. The van der Waals surface area contributed by atoms with Gasteiger partial charge in [0.05, 0.1) is 12.4 Å². The monoisotopic (exact) mass is 266 g/mol. The Morgan fingerprint density at radius 2 is 2.21 bits per heavy atom. The molecule has 9 heteroatoms. The molecule has 0 amide bonds. The molecular weight excluding hydrogens is 254 g/mol. The first-order chi connectivity index (χ1) is 8.99. The molecule has 4 atom stereocenters. The molecule has 0 unspecified atom stereocenters. The molecule has 0 saturated carbocycles. The number of nitrogen functional groups attached to an aromatic ring is 1. The Hall–Kier alpha value is -1.97. The van der Waals surface area contributed by atoms with Crippen LogP contribution in [0.4, 0.5) is 5.95 Å². The van der Waals surface area contributed by atoms with Crippen LogP contribution in [0.2, 0.25) is 0 Å². The third-order valence-corrected chi connectivity index (χ3v) is 3.06. The Bertz CT molecular complexity index is 680. The molecule has 2 aromatic rings. The average Bonchev–Trinajstić information content (AvgIpc) is 2.86. The van der Waals surface area contributed by atoms with Gasteiger partial charge >= 0.3 is 0 Å². The van der Waals surface area contributed by atoms with E-state index in [2.05, 4.69) is 21.9 Å².